The molecule has 4 nitrogen and oxygen atoms in total. The molecule has 0 saturated carbocycles. The SMILES string of the molecule is O=C(NCC#CCN1CCCC1)c1ccc(OC(F)(F)F)cc1. The zero-order valence-electron chi connectivity index (χ0n) is 12.4. The van der Waals surface area contributed by atoms with E-state index in [2.05, 4.69) is 26.8 Å². The summed E-state index contributed by atoms with van der Waals surface area (Å²) in [5.41, 5.74) is 0.251. The Morgan fingerprint density at radius 1 is 1.17 bits per heavy atom. The van der Waals surface area contributed by atoms with Crippen LogP contribution < -0.4 is 10.1 Å². The van der Waals surface area contributed by atoms with Crippen LogP contribution in [0.3, 0.4) is 0 Å². The van der Waals surface area contributed by atoms with Crippen LogP contribution in [0.4, 0.5) is 13.2 Å². The summed E-state index contributed by atoms with van der Waals surface area (Å²) in [4.78, 5) is 14.1. The van der Waals surface area contributed by atoms with E-state index in [-0.39, 0.29) is 23.8 Å². The van der Waals surface area contributed by atoms with Crippen molar-refractivity contribution in [2.45, 2.75) is 19.2 Å². The van der Waals surface area contributed by atoms with Gasteiger partial charge < -0.3 is 10.1 Å². The Hall–Kier alpha value is -2.20. The normalized spacial score (nSPS) is 14.9. The minimum Gasteiger partial charge on any atom is -0.406 e. The average Bonchev–Trinajstić information content (AvgIpc) is 2.99. The minimum atomic E-state index is -4.74. The van der Waals surface area contributed by atoms with Gasteiger partial charge in [-0.25, -0.2) is 0 Å². The summed E-state index contributed by atoms with van der Waals surface area (Å²) in [6.07, 6.45) is -2.34. The van der Waals surface area contributed by atoms with Crippen molar-refractivity contribution in [1.29, 1.82) is 0 Å². The molecular formula is C16H17F3N2O2. The predicted octanol–water partition coefficient (Wildman–Crippen LogP) is 2.41. The lowest BCUT2D eigenvalue weighted by Gasteiger charge is -2.09. The maximum absolute atomic E-state index is 12.0. The first-order valence-corrected chi connectivity index (χ1v) is 7.26. The van der Waals surface area contributed by atoms with Gasteiger partial charge in [0.15, 0.2) is 0 Å². The van der Waals surface area contributed by atoms with E-state index in [0.717, 1.165) is 25.2 Å². The van der Waals surface area contributed by atoms with E-state index in [9.17, 15) is 18.0 Å². The van der Waals surface area contributed by atoms with Crippen molar-refractivity contribution < 1.29 is 22.7 Å². The van der Waals surface area contributed by atoms with Gasteiger partial charge in [-0.15, -0.1) is 13.2 Å². The lowest BCUT2D eigenvalue weighted by molar-refractivity contribution is -0.274. The fraction of sp³-hybridized carbons (Fsp3) is 0.438. The van der Waals surface area contributed by atoms with Crippen LogP contribution >= 0.6 is 0 Å². The fourth-order valence-corrected chi connectivity index (χ4v) is 2.21. The Kier molecular flexibility index (Phi) is 5.88. The molecule has 1 aromatic carbocycles. The predicted molar refractivity (Wildman–Crippen MR) is 78.9 cm³/mol. The van der Waals surface area contributed by atoms with Crippen LogP contribution in [0.5, 0.6) is 5.75 Å². The molecule has 7 heteroatoms. The zero-order valence-corrected chi connectivity index (χ0v) is 12.4. The largest absolute Gasteiger partial charge is 0.573 e. The first kappa shape index (κ1) is 17.2. The highest BCUT2D eigenvalue weighted by Crippen LogP contribution is 2.22. The summed E-state index contributed by atoms with van der Waals surface area (Å²) >= 11 is 0. The number of carbonyl (C=O) groups is 1. The molecule has 0 radical (unpaired) electrons. The van der Waals surface area contributed by atoms with E-state index < -0.39 is 6.36 Å². The minimum absolute atomic E-state index is 0.202. The van der Waals surface area contributed by atoms with E-state index >= 15 is 0 Å². The third-order valence-corrected chi connectivity index (χ3v) is 3.31. The van der Waals surface area contributed by atoms with Gasteiger partial charge in [0.25, 0.3) is 5.91 Å². The smallest absolute Gasteiger partial charge is 0.406 e. The standard InChI is InChI=1S/C16H17F3N2O2/c17-16(18,19)23-14-7-5-13(6-8-14)15(22)20-9-1-2-10-21-11-3-4-12-21/h5-8H,3-4,9-12H2,(H,20,22). The zero-order chi connectivity index (χ0) is 16.7. The van der Waals surface area contributed by atoms with E-state index in [1.54, 1.807) is 0 Å². The lowest BCUT2D eigenvalue weighted by atomic mass is 10.2. The number of rotatable bonds is 4. The molecule has 0 unspecified atom stereocenters. The van der Waals surface area contributed by atoms with Gasteiger partial charge in [-0.3, -0.25) is 9.69 Å². The summed E-state index contributed by atoms with van der Waals surface area (Å²) in [5, 5.41) is 2.60. The van der Waals surface area contributed by atoms with Crippen LogP contribution in [0.15, 0.2) is 24.3 Å². The molecule has 1 saturated heterocycles. The van der Waals surface area contributed by atoms with Crippen molar-refractivity contribution in [3.8, 4) is 17.6 Å². The monoisotopic (exact) mass is 326 g/mol. The molecule has 1 fully saturated rings. The van der Waals surface area contributed by atoms with Crippen LogP contribution in [-0.2, 0) is 0 Å². The molecule has 0 aliphatic carbocycles. The average molecular weight is 326 g/mol. The van der Waals surface area contributed by atoms with E-state index in [4.69, 9.17) is 0 Å². The number of ether oxygens (including phenoxy) is 1. The number of alkyl halides is 3. The van der Waals surface area contributed by atoms with Crippen LogP contribution in [0.25, 0.3) is 0 Å². The van der Waals surface area contributed by atoms with Gasteiger partial charge >= 0.3 is 6.36 Å². The first-order valence-electron chi connectivity index (χ1n) is 7.26. The number of halogens is 3. The second-order valence-corrected chi connectivity index (χ2v) is 5.09. The molecular weight excluding hydrogens is 309 g/mol. The van der Waals surface area contributed by atoms with Crippen LogP contribution in [0.2, 0.25) is 0 Å². The number of nitrogens with zero attached hydrogens (tertiary/aromatic N) is 1. The number of hydrogen-bond acceptors (Lipinski definition) is 3. The Bertz CT molecular complexity index is 582. The number of nitrogens with one attached hydrogen (secondary N) is 1. The third-order valence-electron chi connectivity index (χ3n) is 3.31. The van der Waals surface area contributed by atoms with Gasteiger partial charge in [0, 0.05) is 5.56 Å². The molecule has 0 atom stereocenters. The highest BCUT2D eigenvalue weighted by Gasteiger charge is 2.31. The maximum Gasteiger partial charge on any atom is 0.573 e. The molecule has 1 heterocycles. The summed E-state index contributed by atoms with van der Waals surface area (Å²) in [6, 6.07) is 4.74. The molecule has 1 N–H and O–H groups in total. The topological polar surface area (TPSA) is 41.6 Å². The quantitative estimate of drug-likeness (QED) is 0.864. The van der Waals surface area contributed by atoms with Crippen molar-refractivity contribution in [1.82, 2.24) is 10.2 Å². The first-order chi connectivity index (χ1) is 10.9. The van der Waals surface area contributed by atoms with Crippen molar-refractivity contribution in [2.75, 3.05) is 26.2 Å². The van der Waals surface area contributed by atoms with Crippen molar-refractivity contribution in [2.24, 2.45) is 0 Å². The number of likely N-dealkylation sites (tertiary alicyclic amines) is 1. The molecule has 124 valence electrons. The third kappa shape index (κ3) is 6.20. The summed E-state index contributed by atoms with van der Waals surface area (Å²) in [7, 11) is 0. The van der Waals surface area contributed by atoms with Gasteiger partial charge in [0.1, 0.15) is 5.75 Å². The van der Waals surface area contributed by atoms with Crippen molar-refractivity contribution >= 4 is 5.91 Å². The summed E-state index contributed by atoms with van der Waals surface area (Å²) in [5.74, 6) is 5.09. The molecule has 1 aliphatic rings. The molecule has 1 aromatic rings. The van der Waals surface area contributed by atoms with E-state index in [1.807, 2.05) is 0 Å². The Morgan fingerprint density at radius 3 is 2.43 bits per heavy atom. The highest BCUT2D eigenvalue weighted by atomic mass is 19.4. The van der Waals surface area contributed by atoms with E-state index in [0.29, 0.717) is 6.54 Å². The van der Waals surface area contributed by atoms with Gasteiger partial charge in [0.05, 0.1) is 13.1 Å². The Labute approximate surface area is 132 Å². The number of benzene rings is 1. The number of carbonyl (C=O) groups excluding carboxylic acids is 1. The molecule has 0 aromatic heterocycles. The van der Waals surface area contributed by atoms with Gasteiger partial charge in [0.2, 0.25) is 0 Å². The van der Waals surface area contributed by atoms with Gasteiger partial charge in [-0.1, -0.05) is 11.8 Å². The lowest BCUT2D eigenvalue weighted by Crippen LogP contribution is -2.24. The molecule has 0 spiro atoms. The Balaban J connectivity index is 1.76. The molecule has 2 rings (SSSR count). The summed E-state index contributed by atoms with van der Waals surface area (Å²) < 4.78 is 39.8. The van der Waals surface area contributed by atoms with Crippen molar-refractivity contribution in [3.63, 3.8) is 0 Å². The molecule has 1 aliphatic heterocycles. The molecule has 1 amide bonds. The van der Waals surface area contributed by atoms with Crippen LogP contribution in [0, 0.1) is 11.8 Å². The summed E-state index contributed by atoms with van der Waals surface area (Å²) in [6.45, 7) is 3.02. The Morgan fingerprint density at radius 2 is 1.83 bits per heavy atom. The molecule has 23 heavy (non-hydrogen) atoms. The fourth-order valence-electron chi connectivity index (χ4n) is 2.21. The van der Waals surface area contributed by atoms with E-state index in [1.165, 1.54) is 25.0 Å². The maximum atomic E-state index is 12.0. The second-order valence-electron chi connectivity index (χ2n) is 5.09. The van der Waals surface area contributed by atoms with Gasteiger partial charge in [-0.2, -0.15) is 0 Å². The van der Waals surface area contributed by atoms with Crippen LogP contribution in [-0.4, -0.2) is 43.3 Å². The number of amides is 1. The van der Waals surface area contributed by atoms with Crippen LogP contribution in [0.1, 0.15) is 23.2 Å². The van der Waals surface area contributed by atoms with Crippen molar-refractivity contribution in [3.05, 3.63) is 29.8 Å². The molecule has 0 bridgehead atoms. The van der Waals surface area contributed by atoms with Gasteiger partial charge in [-0.05, 0) is 50.2 Å². The number of hydrogen-bond donors (Lipinski definition) is 1. The highest BCUT2D eigenvalue weighted by molar-refractivity contribution is 5.94. The second kappa shape index (κ2) is 7.88.